The number of nitrogens with zero attached hydrogens (tertiary/aromatic N) is 1. The van der Waals surface area contributed by atoms with E-state index in [9.17, 15) is 0 Å². The van der Waals surface area contributed by atoms with Crippen LogP contribution in [-0.2, 0) is 0 Å². The largest absolute Gasteiger partial charge is 0.411 e. The molecule has 13 heavy (non-hydrogen) atoms. The summed E-state index contributed by atoms with van der Waals surface area (Å²) in [7, 11) is 0. The van der Waals surface area contributed by atoms with Crippen molar-refractivity contribution in [1.82, 2.24) is 4.98 Å². The Hall–Kier alpha value is -1.48. The van der Waals surface area contributed by atoms with Gasteiger partial charge in [-0.2, -0.15) is 0 Å². The van der Waals surface area contributed by atoms with Crippen LogP contribution < -0.4 is 0 Å². The van der Waals surface area contributed by atoms with Gasteiger partial charge in [-0.25, -0.2) is 0 Å². The Balaban J connectivity index is 2.75. The van der Waals surface area contributed by atoms with E-state index < -0.39 is 0 Å². The Morgan fingerprint density at radius 1 is 1.46 bits per heavy atom. The van der Waals surface area contributed by atoms with Crippen LogP contribution in [-0.4, -0.2) is 16.4 Å². The summed E-state index contributed by atoms with van der Waals surface area (Å²) in [5.41, 5.74) is 1.68. The van der Waals surface area contributed by atoms with Gasteiger partial charge in [0.2, 0.25) is 0 Å². The fraction of sp³-hybridized carbons (Fsp3) is 0. The fourth-order valence-corrected chi connectivity index (χ4v) is 1.54. The van der Waals surface area contributed by atoms with E-state index in [0.29, 0.717) is 5.02 Å². The third-order valence-electron chi connectivity index (χ3n) is 1.89. The molecule has 0 bridgehead atoms. The fourth-order valence-electron chi connectivity index (χ4n) is 1.31. The number of H-pyrrole nitrogens is 1. The number of nitrogens with one attached hydrogen (secondary N) is 1. The number of aromatic amines is 1. The number of halogens is 1. The minimum Gasteiger partial charge on any atom is -0.411 e. The Morgan fingerprint density at radius 3 is 3.08 bits per heavy atom. The molecule has 0 spiro atoms. The zero-order chi connectivity index (χ0) is 9.26. The van der Waals surface area contributed by atoms with Gasteiger partial charge in [0.25, 0.3) is 0 Å². The second-order valence-electron chi connectivity index (χ2n) is 2.65. The molecule has 0 unspecified atom stereocenters. The zero-order valence-corrected chi connectivity index (χ0v) is 7.42. The quantitative estimate of drug-likeness (QED) is 0.409. The lowest BCUT2D eigenvalue weighted by Crippen LogP contribution is -1.76. The molecule has 2 rings (SSSR count). The van der Waals surface area contributed by atoms with Gasteiger partial charge in [-0.3, -0.25) is 0 Å². The smallest absolute Gasteiger partial charge is 0.0755 e. The predicted molar refractivity (Wildman–Crippen MR) is 52.7 cm³/mol. The summed E-state index contributed by atoms with van der Waals surface area (Å²) in [6.45, 7) is 0. The van der Waals surface area contributed by atoms with E-state index in [4.69, 9.17) is 16.8 Å². The molecular formula is C9H7ClN2O. The number of hydrogen-bond donors (Lipinski definition) is 2. The second kappa shape index (κ2) is 3.11. The number of aromatic nitrogens is 1. The normalized spacial score (nSPS) is 11.5. The van der Waals surface area contributed by atoms with E-state index in [0.717, 1.165) is 16.5 Å². The predicted octanol–water partition coefficient (Wildman–Crippen LogP) is 2.63. The highest BCUT2D eigenvalue weighted by atomic mass is 35.5. The minimum atomic E-state index is 0.662. The van der Waals surface area contributed by atoms with E-state index in [1.165, 1.54) is 6.21 Å². The molecule has 66 valence electrons. The lowest BCUT2D eigenvalue weighted by Gasteiger charge is -1.92. The molecule has 0 aliphatic carbocycles. The highest BCUT2D eigenvalue weighted by Crippen LogP contribution is 2.23. The minimum absolute atomic E-state index is 0.662. The molecular weight excluding hydrogens is 188 g/mol. The highest BCUT2D eigenvalue weighted by Gasteiger charge is 2.03. The van der Waals surface area contributed by atoms with Gasteiger partial charge in [0, 0.05) is 17.1 Å². The average Bonchev–Trinajstić information content (AvgIpc) is 2.51. The molecule has 0 saturated carbocycles. The van der Waals surface area contributed by atoms with E-state index in [-0.39, 0.29) is 0 Å². The standard InChI is InChI=1S/C9H7ClN2O/c10-8-3-1-2-7-6(5-12-13)4-11-9(7)8/h1-5,11,13H. The molecule has 4 heteroatoms. The van der Waals surface area contributed by atoms with Crippen molar-refractivity contribution in [3.63, 3.8) is 0 Å². The molecule has 0 amide bonds. The zero-order valence-electron chi connectivity index (χ0n) is 6.66. The molecule has 0 aliphatic heterocycles. The topological polar surface area (TPSA) is 48.4 Å². The summed E-state index contributed by atoms with van der Waals surface area (Å²) in [4.78, 5) is 3.01. The molecule has 0 radical (unpaired) electrons. The van der Waals surface area contributed by atoms with Gasteiger partial charge in [-0.05, 0) is 6.07 Å². The summed E-state index contributed by atoms with van der Waals surface area (Å²) >= 11 is 5.93. The molecule has 1 aromatic carbocycles. The maximum atomic E-state index is 8.39. The van der Waals surface area contributed by atoms with Crippen LogP contribution in [0.5, 0.6) is 0 Å². The van der Waals surface area contributed by atoms with E-state index in [1.54, 1.807) is 12.3 Å². The van der Waals surface area contributed by atoms with Crippen LogP contribution in [0, 0.1) is 0 Å². The molecule has 0 atom stereocenters. The monoisotopic (exact) mass is 194 g/mol. The molecule has 1 aromatic heterocycles. The number of rotatable bonds is 1. The Morgan fingerprint density at radius 2 is 2.31 bits per heavy atom. The van der Waals surface area contributed by atoms with E-state index in [2.05, 4.69) is 10.1 Å². The number of benzene rings is 1. The first kappa shape index (κ1) is 8.13. The van der Waals surface area contributed by atoms with Crippen LogP contribution in [0.25, 0.3) is 10.9 Å². The van der Waals surface area contributed by atoms with E-state index >= 15 is 0 Å². The van der Waals surface area contributed by atoms with Gasteiger partial charge in [0.1, 0.15) is 0 Å². The third-order valence-corrected chi connectivity index (χ3v) is 2.21. The van der Waals surface area contributed by atoms with Crippen molar-refractivity contribution in [2.75, 3.05) is 0 Å². The maximum Gasteiger partial charge on any atom is 0.0755 e. The average molecular weight is 195 g/mol. The lowest BCUT2D eigenvalue weighted by molar-refractivity contribution is 0.322. The van der Waals surface area contributed by atoms with Crippen molar-refractivity contribution in [2.45, 2.75) is 0 Å². The van der Waals surface area contributed by atoms with Crippen LogP contribution in [0.4, 0.5) is 0 Å². The number of para-hydroxylation sites is 1. The van der Waals surface area contributed by atoms with Crippen LogP contribution in [0.2, 0.25) is 5.02 Å². The summed E-state index contributed by atoms with van der Waals surface area (Å²) in [6, 6.07) is 5.57. The Kier molecular flexibility index (Phi) is 1.94. The summed E-state index contributed by atoms with van der Waals surface area (Å²) < 4.78 is 0. The maximum absolute atomic E-state index is 8.39. The molecule has 3 nitrogen and oxygen atoms in total. The van der Waals surface area contributed by atoms with Crippen molar-refractivity contribution in [3.8, 4) is 0 Å². The summed E-state index contributed by atoms with van der Waals surface area (Å²) in [5.74, 6) is 0. The number of fused-ring (bicyclic) bond motifs is 1. The highest BCUT2D eigenvalue weighted by molar-refractivity contribution is 6.35. The Bertz CT molecular complexity index is 462. The number of oxime groups is 1. The van der Waals surface area contributed by atoms with Gasteiger partial charge in [-0.1, -0.05) is 28.9 Å². The SMILES string of the molecule is ON=Cc1c[nH]c2c(Cl)cccc12. The molecule has 2 aromatic rings. The van der Waals surface area contributed by atoms with Gasteiger partial charge in [0.15, 0.2) is 0 Å². The van der Waals surface area contributed by atoms with Crippen molar-refractivity contribution in [2.24, 2.45) is 5.16 Å². The van der Waals surface area contributed by atoms with Gasteiger partial charge >= 0.3 is 0 Å². The van der Waals surface area contributed by atoms with Crippen molar-refractivity contribution >= 4 is 28.7 Å². The molecule has 0 aliphatic rings. The first-order valence-electron chi connectivity index (χ1n) is 3.76. The summed E-state index contributed by atoms with van der Waals surface area (Å²) in [6.07, 6.45) is 3.12. The van der Waals surface area contributed by atoms with Crippen LogP contribution >= 0.6 is 11.6 Å². The Labute approximate surface area is 79.6 Å². The molecule has 1 heterocycles. The second-order valence-corrected chi connectivity index (χ2v) is 3.06. The first-order chi connectivity index (χ1) is 6.33. The van der Waals surface area contributed by atoms with Gasteiger partial charge < -0.3 is 10.2 Å². The van der Waals surface area contributed by atoms with Crippen molar-refractivity contribution in [1.29, 1.82) is 0 Å². The lowest BCUT2D eigenvalue weighted by atomic mass is 10.2. The van der Waals surface area contributed by atoms with Crippen LogP contribution in [0.1, 0.15) is 5.56 Å². The van der Waals surface area contributed by atoms with Crippen LogP contribution in [0.15, 0.2) is 29.6 Å². The summed E-state index contributed by atoms with van der Waals surface area (Å²) in [5, 5.41) is 13.0. The molecule has 0 saturated heterocycles. The molecule has 0 fully saturated rings. The van der Waals surface area contributed by atoms with Gasteiger partial charge in [-0.15, -0.1) is 0 Å². The molecule has 2 N–H and O–H groups in total. The van der Waals surface area contributed by atoms with Crippen molar-refractivity contribution in [3.05, 3.63) is 35.0 Å². The van der Waals surface area contributed by atoms with E-state index in [1.807, 2.05) is 12.1 Å². The third kappa shape index (κ3) is 1.27. The number of hydrogen-bond acceptors (Lipinski definition) is 2. The van der Waals surface area contributed by atoms with Crippen molar-refractivity contribution < 1.29 is 5.21 Å². The van der Waals surface area contributed by atoms with Crippen LogP contribution in [0.3, 0.4) is 0 Å². The first-order valence-corrected chi connectivity index (χ1v) is 4.14. The van der Waals surface area contributed by atoms with Gasteiger partial charge in [0.05, 0.1) is 16.8 Å².